The SMILES string of the molecule is CCCCCCCCCCNC(=NC)NCC1CCN(S(C)(=O)=O)CC1.I. The first-order valence-electron chi connectivity index (χ1n) is 10.4. The van der Waals surface area contributed by atoms with E-state index in [-0.39, 0.29) is 24.0 Å². The van der Waals surface area contributed by atoms with E-state index in [0.717, 1.165) is 31.9 Å². The molecule has 1 aliphatic rings. The lowest BCUT2D eigenvalue weighted by molar-refractivity contribution is 0.275. The van der Waals surface area contributed by atoms with Gasteiger partial charge < -0.3 is 10.6 Å². The molecular weight excluding hydrogens is 475 g/mol. The Morgan fingerprint density at radius 3 is 2.07 bits per heavy atom. The summed E-state index contributed by atoms with van der Waals surface area (Å²) in [6.07, 6.45) is 13.7. The first-order valence-corrected chi connectivity index (χ1v) is 12.2. The van der Waals surface area contributed by atoms with Gasteiger partial charge >= 0.3 is 0 Å². The second-order valence-electron chi connectivity index (χ2n) is 7.46. The van der Waals surface area contributed by atoms with Gasteiger partial charge in [0.25, 0.3) is 0 Å². The average Bonchev–Trinajstić information content (AvgIpc) is 2.62. The second-order valence-corrected chi connectivity index (χ2v) is 9.44. The van der Waals surface area contributed by atoms with Crippen LogP contribution in [0.2, 0.25) is 0 Å². The predicted molar refractivity (Wildman–Crippen MR) is 127 cm³/mol. The molecule has 0 aromatic heterocycles. The van der Waals surface area contributed by atoms with E-state index in [1.165, 1.54) is 57.6 Å². The van der Waals surface area contributed by atoms with Gasteiger partial charge in [0.2, 0.25) is 10.0 Å². The van der Waals surface area contributed by atoms with E-state index in [9.17, 15) is 8.42 Å². The van der Waals surface area contributed by atoms with Gasteiger partial charge in [0.15, 0.2) is 5.96 Å². The molecule has 0 spiro atoms. The molecule has 1 aliphatic heterocycles. The fraction of sp³-hybridized carbons (Fsp3) is 0.947. The Hall–Kier alpha value is -0.0900. The van der Waals surface area contributed by atoms with Crippen molar-refractivity contribution in [1.82, 2.24) is 14.9 Å². The van der Waals surface area contributed by atoms with Gasteiger partial charge in [0, 0.05) is 33.2 Å². The van der Waals surface area contributed by atoms with Crippen LogP contribution in [0.5, 0.6) is 0 Å². The third kappa shape index (κ3) is 12.9. The van der Waals surface area contributed by atoms with Crippen molar-refractivity contribution in [1.29, 1.82) is 0 Å². The molecule has 0 unspecified atom stereocenters. The topological polar surface area (TPSA) is 73.8 Å². The summed E-state index contributed by atoms with van der Waals surface area (Å²) in [6, 6.07) is 0. The summed E-state index contributed by atoms with van der Waals surface area (Å²) in [5.41, 5.74) is 0. The van der Waals surface area contributed by atoms with E-state index < -0.39 is 10.0 Å². The minimum Gasteiger partial charge on any atom is -0.356 e. The number of sulfonamides is 1. The zero-order valence-corrected chi connectivity index (χ0v) is 20.7. The molecule has 0 saturated carbocycles. The fourth-order valence-corrected chi connectivity index (χ4v) is 4.25. The zero-order valence-electron chi connectivity index (χ0n) is 17.5. The maximum absolute atomic E-state index is 11.5. The summed E-state index contributed by atoms with van der Waals surface area (Å²) in [6.45, 7) is 5.34. The van der Waals surface area contributed by atoms with Crippen molar-refractivity contribution in [3.63, 3.8) is 0 Å². The number of nitrogens with one attached hydrogen (secondary N) is 2. The normalized spacial score (nSPS) is 16.8. The van der Waals surface area contributed by atoms with Gasteiger partial charge in [0.1, 0.15) is 0 Å². The second kappa shape index (κ2) is 15.8. The van der Waals surface area contributed by atoms with Crippen LogP contribution in [0.3, 0.4) is 0 Å². The smallest absolute Gasteiger partial charge is 0.211 e. The van der Waals surface area contributed by atoms with Crippen LogP contribution in [0.25, 0.3) is 0 Å². The van der Waals surface area contributed by atoms with Crippen molar-refractivity contribution < 1.29 is 8.42 Å². The molecule has 0 aliphatic carbocycles. The third-order valence-electron chi connectivity index (χ3n) is 5.15. The van der Waals surface area contributed by atoms with Crippen molar-refractivity contribution >= 4 is 40.0 Å². The van der Waals surface area contributed by atoms with Gasteiger partial charge in [-0.3, -0.25) is 4.99 Å². The number of nitrogens with zero attached hydrogens (tertiary/aromatic N) is 2. The summed E-state index contributed by atoms with van der Waals surface area (Å²) >= 11 is 0. The Balaban J connectivity index is 0.00000676. The van der Waals surface area contributed by atoms with Crippen molar-refractivity contribution in [3.8, 4) is 0 Å². The monoisotopic (exact) mass is 516 g/mol. The van der Waals surface area contributed by atoms with Crippen LogP contribution in [0.4, 0.5) is 0 Å². The van der Waals surface area contributed by atoms with Gasteiger partial charge in [-0.15, -0.1) is 24.0 Å². The number of aliphatic imine (C=N–C) groups is 1. The maximum atomic E-state index is 11.5. The molecule has 0 amide bonds. The van der Waals surface area contributed by atoms with Gasteiger partial charge in [0.05, 0.1) is 6.26 Å². The van der Waals surface area contributed by atoms with E-state index in [4.69, 9.17) is 0 Å². The Kier molecular flexibility index (Phi) is 15.7. The molecule has 2 N–H and O–H groups in total. The van der Waals surface area contributed by atoms with Crippen LogP contribution >= 0.6 is 24.0 Å². The number of hydrogen-bond donors (Lipinski definition) is 2. The maximum Gasteiger partial charge on any atom is 0.211 e. The summed E-state index contributed by atoms with van der Waals surface area (Å²) < 4.78 is 24.7. The number of hydrogen-bond acceptors (Lipinski definition) is 3. The highest BCUT2D eigenvalue weighted by atomic mass is 127. The summed E-state index contributed by atoms with van der Waals surface area (Å²) in [5.74, 6) is 1.37. The Labute approximate surface area is 184 Å². The van der Waals surface area contributed by atoms with Crippen molar-refractivity contribution in [2.45, 2.75) is 71.1 Å². The summed E-state index contributed by atoms with van der Waals surface area (Å²) in [5, 5.41) is 6.77. The Morgan fingerprint density at radius 1 is 1.00 bits per heavy atom. The van der Waals surface area contributed by atoms with Gasteiger partial charge in [-0.2, -0.15) is 0 Å². The molecule has 1 rings (SSSR count). The third-order valence-corrected chi connectivity index (χ3v) is 6.45. The number of unbranched alkanes of at least 4 members (excludes halogenated alkanes) is 7. The molecule has 6 nitrogen and oxygen atoms in total. The minimum absolute atomic E-state index is 0. The highest BCUT2D eigenvalue weighted by Crippen LogP contribution is 2.18. The molecule has 0 bridgehead atoms. The lowest BCUT2D eigenvalue weighted by atomic mass is 9.98. The highest BCUT2D eigenvalue weighted by molar-refractivity contribution is 14.0. The van der Waals surface area contributed by atoms with Crippen molar-refractivity contribution in [3.05, 3.63) is 0 Å². The Morgan fingerprint density at radius 2 is 1.56 bits per heavy atom. The molecular formula is C19H41IN4O2S. The molecule has 1 fully saturated rings. The van der Waals surface area contributed by atoms with Crippen LogP contribution < -0.4 is 10.6 Å². The Bertz CT molecular complexity index is 492. The van der Waals surface area contributed by atoms with Crippen LogP contribution in [0.15, 0.2) is 4.99 Å². The summed E-state index contributed by atoms with van der Waals surface area (Å²) in [7, 11) is -1.23. The largest absolute Gasteiger partial charge is 0.356 e. The van der Waals surface area contributed by atoms with E-state index in [1.807, 2.05) is 0 Å². The highest BCUT2D eigenvalue weighted by Gasteiger charge is 2.24. The number of rotatable bonds is 12. The first kappa shape index (κ1) is 26.9. The summed E-state index contributed by atoms with van der Waals surface area (Å²) in [4.78, 5) is 4.28. The minimum atomic E-state index is -3.04. The fourth-order valence-electron chi connectivity index (χ4n) is 3.37. The predicted octanol–water partition coefficient (Wildman–Crippen LogP) is 3.58. The van der Waals surface area contributed by atoms with Crippen LogP contribution in [0, 0.1) is 5.92 Å². The van der Waals surface area contributed by atoms with Gasteiger partial charge in [-0.25, -0.2) is 12.7 Å². The van der Waals surface area contributed by atoms with E-state index >= 15 is 0 Å². The zero-order chi connectivity index (χ0) is 19.3. The molecule has 0 aromatic rings. The average molecular weight is 517 g/mol. The molecule has 0 aromatic carbocycles. The number of piperidine rings is 1. The van der Waals surface area contributed by atoms with E-state index in [1.54, 1.807) is 11.4 Å². The molecule has 0 atom stereocenters. The quantitative estimate of drug-likeness (QED) is 0.180. The first-order chi connectivity index (χ1) is 12.5. The van der Waals surface area contributed by atoms with E-state index in [2.05, 4.69) is 22.5 Å². The van der Waals surface area contributed by atoms with Gasteiger partial charge in [-0.05, 0) is 25.2 Å². The lowest BCUT2D eigenvalue weighted by Gasteiger charge is -2.30. The van der Waals surface area contributed by atoms with Crippen LogP contribution in [-0.4, -0.2) is 58.2 Å². The van der Waals surface area contributed by atoms with Crippen LogP contribution in [-0.2, 0) is 10.0 Å². The molecule has 162 valence electrons. The molecule has 8 heteroatoms. The lowest BCUT2D eigenvalue weighted by Crippen LogP contribution is -2.44. The molecule has 27 heavy (non-hydrogen) atoms. The molecule has 1 heterocycles. The molecule has 1 saturated heterocycles. The van der Waals surface area contributed by atoms with Crippen LogP contribution in [0.1, 0.15) is 71.1 Å². The van der Waals surface area contributed by atoms with E-state index in [0.29, 0.717) is 19.0 Å². The molecule has 0 radical (unpaired) electrons. The number of guanidine groups is 1. The standard InChI is InChI=1S/C19H40N4O2S.HI/c1-4-5-6-7-8-9-10-11-14-21-19(20-2)22-17-18-12-15-23(16-13-18)26(3,24)25;/h18H,4-17H2,1-3H3,(H2,20,21,22);1H. The van der Waals surface area contributed by atoms with Gasteiger partial charge in [-0.1, -0.05) is 51.9 Å². The van der Waals surface area contributed by atoms with Crippen molar-refractivity contribution in [2.75, 3.05) is 39.5 Å². The number of halogens is 1. The van der Waals surface area contributed by atoms with Crippen molar-refractivity contribution in [2.24, 2.45) is 10.9 Å².